The van der Waals surface area contributed by atoms with Gasteiger partial charge in [-0.25, -0.2) is 0 Å². The second kappa shape index (κ2) is 8.39. The van der Waals surface area contributed by atoms with E-state index in [1.54, 1.807) is 19.1 Å². The fraction of sp³-hybridized carbons (Fsp3) is 0.0870. The Labute approximate surface area is 168 Å². The number of aromatic nitrogens is 2. The van der Waals surface area contributed by atoms with E-state index in [-0.39, 0.29) is 5.91 Å². The smallest absolute Gasteiger partial charge is 0.255 e. The van der Waals surface area contributed by atoms with Crippen molar-refractivity contribution < 1.29 is 14.1 Å². The first kappa shape index (κ1) is 18.4. The van der Waals surface area contributed by atoms with Crippen LogP contribution in [0.5, 0.6) is 5.75 Å². The van der Waals surface area contributed by atoms with Crippen molar-refractivity contribution in [3.63, 3.8) is 0 Å². The van der Waals surface area contributed by atoms with Crippen LogP contribution in [0.25, 0.3) is 11.4 Å². The summed E-state index contributed by atoms with van der Waals surface area (Å²) < 4.78 is 10.8. The Morgan fingerprint density at radius 1 is 0.966 bits per heavy atom. The summed E-state index contributed by atoms with van der Waals surface area (Å²) in [6, 6.07) is 24.2. The van der Waals surface area contributed by atoms with Gasteiger partial charge in [0.05, 0.1) is 0 Å². The molecule has 1 amide bonds. The third kappa shape index (κ3) is 4.68. The van der Waals surface area contributed by atoms with Gasteiger partial charge < -0.3 is 14.6 Å². The van der Waals surface area contributed by atoms with Gasteiger partial charge in [-0.15, -0.1) is 0 Å². The van der Waals surface area contributed by atoms with Crippen LogP contribution in [-0.4, -0.2) is 16.0 Å². The molecule has 0 bridgehead atoms. The minimum atomic E-state index is -0.143. The summed E-state index contributed by atoms with van der Waals surface area (Å²) >= 11 is 0. The van der Waals surface area contributed by atoms with Crippen LogP contribution in [0.3, 0.4) is 0 Å². The highest BCUT2D eigenvalue weighted by atomic mass is 16.5. The number of hydrogen-bond acceptors (Lipinski definition) is 5. The van der Waals surface area contributed by atoms with Gasteiger partial charge in [0.2, 0.25) is 11.7 Å². The predicted molar refractivity (Wildman–Crippen MR) is 110 cm³/mol. The van der Waals surface area contributed by atoms with Crippen molar-refractivity contribution in [1.82, 2.24) is 10.1 Å². The molecule has 4 rings (SSSR count). The molecule has 4 aromatic rings. The quantitative estimate of drug-likeness (QED) is 0.512. The van der Waals surface area contributed by atoms with Gasteiger partial charge in [0.1, 0.15) is 12.4 Å². The lowest BCUT2D eigenvalue weighted by Gasteiger charge is -2.08. The molecule has 6 heteroatoms. The average Bonchev–Trinajstić information content (AvgIpc) is 3.20. The van der Waals surface area contributed by atoms with E-state index in [4.69, 9.17) is 9.26 Å². The summed E-state index contributed by atoms with van der Waals surface area (Å²) in [5, 5.41) is 6.77. The summed E-state index contributed by atoms with van der Waals surface area (Å²) in [5.41, 5.74) is 3.20. The Hall–Kier alpha value is -3.93. The first-order valence-electron chi connectivity index (χ1n) is 9.16. The fourth-order valence-electron chi connectivity index (χ4n) is 2.76. The molecule has 0 aliphatic rings. The van der Waals surface area contributed by atoms with Gasteiger partial charge in [-0.05, 0) is 54.1 Å². The van der Waals surface area contributed by atoms with Crippen molar-refractivity contribution in [1.29, 1.82) is 0 Å². The third-order valence-electron chi connectivity index (χ3n) is 4.29. The van der Waals surface area contributed by atoms with Crippen molar-refractivity contribution in [3.05, 3.63) is 95.9 Å². The van der Waals surface area contributed by atoms with Crippen molar-refractivity contribution in [3.8, 4) is 17.1 Å². The highest BCUT2D eigenvalue weighted by Gasteiger charge is 2.07. The van der Waals surface area contributed by atoms with Crippen molar-refractivity contribution in [2.24, 2.45) is 0 Å². The average molecular weight is 385 g/mol. The van der Waals surface area contributed by atoms with Crippen LogP contribution in [0.15, 0.2) is 83.4 Å². The molecule has 1 heterocycles. The Kier molecular flexibility index (Phi) is 5.33. The number of hydrogen-bond donors (Lipinski definition) is 1. The van der Waals surface area contributed by atoms with Crippen LogP contribution < -0.4 is 10.1 Å². The summed E-state index contributed by atoms with van der Waals surface area (Å²) in [6.45, 7) is 2.16. The predicted octanol–water partition coefficient (Wildman–Crippen LogP) is 4.88. The van der Waals surface area contributed by atoms with Crippen LogP contribution in [0.1, 0.15) is 21.8 Å². The van der Waals surface area contributed by atoms with Crippen LogP contribution in [0.2, 0.25) is 0 Å². The molecule has 3 aromatic carbocycles. The lowest BCUT2D eigenvalue weighted by molar-refractivity contribution is 0.102. The molecule has 29 heavy (non-hydrogen) atoms. The molecule has 0 saturated heterocycles. The monoisotopic (exact) mass is 385 g/mol. The molecule has 0 unspecified atom stereocenters. The van der Waals surface area contributed by atoms with Crippen LogP contribution >= 0.6 is 0 Å². The Morgan fingerprint density at radius 3 is 2.34 bits per heavy atom. The van der Waals surface area contributed by atoms with E-state index in [1.807, 2.05) is 66.7 Å². The zero-order valence-corrected chi connectivity index (χ0v) is 15.8. The molecule has 0 spiro atoms. The van der Waals surface area contributed by atoms with E-state index in [0.717, 1.165) is 22.6 Å². The molecular formula is C23H19N3O3. The number of carbonyl (C=O) groups excluding carboxylic acids is 1. The van der Waals surface area contributed by atoms with Crippen molar-refractivity contribution in [2.75, 3.05) is 5.32 Å². The Bertz CT molecular complexity index is 1090. The maximum atomic E-state index is 12.3. The molecule has 6 nitrogen and oxygen atoms in total. The summed E-state index contributed by atoms with van der Waals surface area (Å²) in [5.74, 6) is 1.68. The molecule has 1 N–H and O–H groups in total. The van der Waals surface area contributed by atoms with Crippen LogP contribution in [-0.2, 0) is 6.61 Å². The second-order valence-electron chi connectivity index (χ2n) is 6.47. The van der Waals surface area contributed by atoms with Gasteiger partial charge in [0, 0.05) is 23.7 Å². The number of rotatable bonds is 6. The van der Waals surface area contributed by atoms with Gasteiger partial charge >= 0.3 is 0 Å². The van der Waals surface area contributed by atoms with Gasteiger partial charge in [0.15, 0.2) is 0 Å². The third-order valence-corrected chi connectivity index (χ3v) is 4.29. The van der Waals surface area contributed by atoms with Crippen LogP contribution in [0, 0.1) is 6.92 Å². The maximum Gasteiger partial charge on any atom is 0.255 e. The first-order chi connectivity index (χ1) is 14.2. The second-order valence-corrected chi connectivity index (χ2v) is 6.47. The van der Waals surface area contributed by atoms with Crippen LogP contribution in [0.4, 0.5) is 5.69 Å². The molecular weight excluding hydrogens is 366 g/mol. The number of benzene rings is 3. The van der Waals surface area contributed by atoms with Crippen molar-refractivity contribution >= 4 is 11.6 Å². The Balaban J connectivity index is 1.33. The Morgan fingerprint density at radius 2 is 1.69 bits per heavy atom. The lowest BCUT2D eigenvalue weighted by atomic mass is 10.1. The number of para-hydroxylation sites is 1. The molecule has 144 valence electrons. The lowest BCUT2D eigenvalue weighted by Crippen LogP contribution is -2.11. The molecule has 0 aliphatic heterocycles. The topological polar surface area (TPSA) is 77.2 Å². The fourth-order valence-corrected chi connectivity index (χ4v) is 2.76. The number of aryl methyl sites for hydroxylation is 1. The number of nitrogens with zero attached hydrogens (tertiary/aromatic N) is 2. The zero-order valence-electron chi connectivity index (χ0n) is 15.8. The van der Waals surface area contributed by atoms with E-state index in [1.165, 1.54) is 0 Å². The molecule has 1 aromatic heterocycles. The first-order valence-corrected chi connectivity index (χ1v) is 9.16. The number of amides is 1. The number of carbonyl (C=O) groups is 1. The highest BCUT2D eigenvalue weighted by molar-refractivity contribution is 6.04. The van der Waals surface area contributed by atoms with E-state index in [0.29, 0.717) is 23.9 Å². The molecule has 0 fully saturated rings. The van der Waals surface area contributed by atoms with E-state index in [9.17, 15) is 4.79 Å². The number of ether oxygens (including phenoxy) is 1. The van der Waals surface area contributed by atoms with E-state index >= 15 is 0 Å². The summed E-state index contributed by atoms with van der Waals surface area (Å²) in [4.78, 5) is 16.5. The highest BCUT2D eigenvalue weighted by Crippen LogP contribution is 2.21. The number of nitrogens with one attached hydrogen (secondary N) is 1. The van der Waals surface area contributed by atoms with Crippen molar-refractivity contribution in [2.45, 2.75) is 13.5 Å². The summed E-state index contributed by atoms with van der Waals surface area (Å²) in [6.07, 6.45) is 0. The van der Waals surface area contributed by atoms with E-state index < -0.39 is 0 Å². The van der Waals surface area contributed by atoms with Gasteiger partial charge in [-0.2, -0.15) is 4.98 Å². The molecule has 0 saturated carbocycles. The summed E-state index contributed by atoms with van der Waals surface area (Å²) in [7, 11) is 0. The maximum absolute atomic E-state index is 12.3. The minimum absolute atomic E-state index is 0.143. The number of anilines is 1. The standard InChI is InChI=1S/C23H19N3O3/c1-16-24-22(26-29-16)18-11-13-21(14-12-18)28-15-17-7-9-19(10-8-17)23(27)25-20-5-3-2-4-6-20/h2-14H,15H2,1H3,(H,25,27). The largest absolute Gasteiger partial charge is 0.489 e. The molecule has 0 aliphatic carbocycles. The van der Waals surface area contributed by atoms with E-state index in [2.05, 4.69) is 15.5 Å². The normalized spacial score (nSPS) is 10.5. The minimum Gasteiger partial charge on any atom is -0.489 e. The zero-order chi connectivity index (χ0) is 20.1. The van der Waals surface area contributed by atoms with Gasteiger partial charge in [0.25, 0.3) is 5.91 Å². The molecule has 0 atom stereocenters. The molecule has 0 radical (unpaired) electrons. The SMILES string of the molecule is Cc1nc(-c2ccc(OCc3ccc(C(=O)Nc4ccccc4)cc3)cc2)no1. The van der Waals surface area contributed by atoms with Gasteiger partial charge in [-0.3, -0.25) is 4.79 Å². The van der Waals surface area contributed by atoms with Gasteiger partial charge in [-0.1, -0.05) is 35.5 Å².